The molecule has 0 bridgehead atoms. The number of halogens is 1. The Morgan fingerprint density at radius 3 is 2.27 bits per heavy atom. The lowest BCUT2D eigenvalue weighted by Crippen LogP contribution is -2.40. The molecule has 0 atom stereocenters. The Morgan fingerprint density at radius 1 is 0.939 bits per heavy atom. The number of rotatable bonds is 10. The number of hydrogen-bond donors (Lipinski definition) is 2. The molecule has 3 rings (SSSR count). The van der Waals surface area contributed by atoms with Crippen molar-refractivity contribution in [3.8, 4) is 0 Å². The maximum atomic E-state index is 12.6. The zero-order chi connectivity index (χ0) is 23.7. The number of aryl methyl sites for hydroxylation is 1. The van der Waals surface area contributed by atoms with E-state index in [-0.39, 0.29) is 23.1 Å². The number of ether oxygens (including phenoxy) is 1. The summed E-state index contributed by atoms with van der Waals surface area (Å²) in [6.07, 6.45) is 1.61. The van der Waals surface area contributed by atoms with E-state index in [4.69, 9.17) is 16.3 Å². The predicted octanol–water partition coefficient (Wildman–Crippen LogP) is 2.83. The first-order valence-corrected chi connectivity index (χ1v) is 12.7. The average molecular weight is 494 g/mol. The number of nitrogens with one attached hydrogen (secondary N) is 2. The van der Waals surface area contributed by atoms with E-state index >= 15 is 0 Å². The number of amides is 2. The van der Waals surface area contributed by atoms with Gasteiger partial charge in [-0.05, 0) is 54.8 Å². The molecule has 0 unspecified atom stereocenters. The fraction of sp³-hybridized carbons (Fsp3) is 0.391. The maximum absolute atomic E-state index is 12.6. The molecule has 0 saturated carbocycles. The summed E-state index contributed by atoms with van der Waals surface area (Å²) in [5.41, 5.74) is 1.56. The standard InChI is InChI=1S/C23H28ClN3O5S/c24-19-6-8-20(9-7-19)26-23(29)2-1-13-25-22(28)12-5-18-3-10-21(11-4-18)33(30,31)27-14-16-32-17-15-27/h3-4,6-11H,1-2,5,12-17H2,(H,25,28)(H,26,29). The van der Waals surface area contributed by atoms with E-state index < -0.39 is 10.0 Å². The van der Waals surface area contributed by atoms with Crippen molar-refractivity contribution in [2.75, 3.05) is 38.2 Å². The van der Waals surface area contributed by atoms with Crippen LogP contribution in [0.5, 0.6) is 0 Å². The van der Waals surface area contributed by atoms with E-state index in [2.05, 4.69) is 10.6 Å². The molecule has 2 aromatic carbocycles. The molecule has 2 N–H and O–H groups in total. The molecule has 1 aliphatic rings. The first kappa shape index (κ1) is 25.2. The summed E-state index contributed by atoms with van der Waals surface area (Å²) in [6.45, 7) is 1.92. The number of hydrogen-bond acceptors (Lipinski definition) is 5. The molecule has 0 aliphatic carbocycles. The van der Waals surface area contributed by atoms with Crippen LogP contribution >= 0.6 is 11.6 Å². The Labute approximate surface area is 199 Å². The number of morpholine rings is 1. The summed E-state index contributed by atoms with van der Waals surface area (Å²) in [6, 6.07) is 13.5. The minimum absolute atomic E-state index is 0.113. The van der Waals surface area contributed by atoms with Gasteiger partial charge in [0.25, 0.3) is 0 Å². The fourth-order valence-electron chi connectivity index (χ4n) is 3.34. The number of carbonyl (C=O) groups excluding carboxylic acids is 2. The van der Waals surface area contributed by atoms with Crippen LogP contribution in [0.25, 0.3) is 0 Å². The molecule has 1 fully saturated rings. The van der Waals surface area contributed by atoms with Gasteiger partial charge >= 0.3 is 0 Å². The van der Waals surface area contributed by atoms with Gasteiger partial charge < -0.3 is 15.4 Å². The van der Waals surface area contributed by atoms with Crippen molar-refractivity contribution in [2.24, 2.45) is 0 Å². The molecule has 2 amide bonds. The highest BCUT2D eigenvalue weighted by Gasteiger charge is 2.26. The topological polar surface area (TPSA) is 105 Å². The van der Waals surface area contributed by atoms with Gasteiger partial charge in [0.2, 0.25) is 21.8 Å². The Bertz CT molecular complexity index is 1040. The van der Waals surface area contributed by atoms with Crippen LogP contribution in [0.4, 0.5) is 5.69 Å². The second-order valence-electron chi connectivity index (χ2n) is 7.67. The summed E-state index contributed by atoms with van der Waals surface area (Å²) in [5, 5.41) is 6.19. The summed E-state index contributed by atoms with van der Waals surface area (Å²) in [7, 11) is -3.52. The number of nitrogens with zero attached hydrogens (tertiary/aromatic N) is 1. The van der Waals surface area contributed by atoms with Gasteiger partial charge in [-0.2, -0.15) is 4.31 Å². The van der Waals surface area contributed by atoms with Crippen molar-refractivity contribution in [2.45, 2.75) is 30.6 Å². The normalized spacial score (nSPS) is 14.6. The lowest BCUT2D eigenvalue weighted by atomic mass is 10.1. The van der Waals surface area contributed by atoms with E-state index in [0.717, 1.165) is 5.56 Å². The Balaban J connectivity index is 1.35. The second-order valence-corrected chi connectivity index (χ2v) is 10.0. The van der Waals surface area contributed by atoms with Crippen LogP contribution in [0.1, 0.15) is 24.8 Å². The highest BCUT2D eigenvalue weighted by atomic mass is 35.5. The van der Waals surface area contributed by atoms with Crippen molar-refractivity contribution in [3.63, 3.8) is 0 Å². The molecule has 178 valence electrons. The monoisotopic (exact) mass is 493 g/mol. The third kappa shape index (κ3) is 7.82. The molecule has 0 spiro atoms. The molecule has 1 heterocycles. The van der Waals surface area contributed by atoms with Gasteiger partial charge in [-0.25, -0.2) is 8.42 Å². The van der Waals surface area contributed by atoms with Crippen molar-refractivity contribution in [1.82, 2.24) is 9.62 Å². The highest BCUT2D eigenvalue weighted by Crippen LogP contribution is 2.18. The summed E-state index contributed by atoms with van der Waals surface area (Å²) in [5.74, 6) is -0.239. The van der Waals surface area contributed by atoms with Crippen molar-refractivity contribution < 1.29 is 22.7 Å². The van der Waals surface area contributed by atoms with E-state index in [1.807, 2.05) is 0 Å². The van der Waals surface area contributed by atoms with Gasteiger partial charge in [0.1, 0.15) is 0 Å². The van der Waals surface area contributed by atoms with Crippen molar-refractivity contribution in [1.29, 1.82) is 0 Å². The predicted molar refractivity (Wildman–Crippen MR) is 127 cm³/mol. The minimum Gasteiger partial charge on any atom is -0.379 e. The SMILES string of the molecule is O=C(CCc1ccc(S(=O)(=O)N2CCOCC2)cc1)NCCCC(=O)Nc1ccc(Cl)cc1. The van der Waals surface area contributed by atoms with Gasteiger partial charge in [-0.15, -0.1) is 0 Å². The number of anilines is 1. The summed E-state index contributed by atoms with van der Waals surface area (Å²) >= 11 is 5.82. The molecule has 2 aromatic rings. The van der Waals surface area contributed by atoms with E-state index in [0.29, 0.717) is 62.8 Å². The lowest BCUT2D eigenvalue weighted by molar-refractivity contribution is -0.121. The smallest absolute Gasteiger partial charge is 0.243 e. The number of carbonyl (C=O) groups is 2. The zero-order valence-corrected chi connectivity index (χ0v) is 19.8. The molecule has 0 aromatic heterocycles. The van der Waals surface area contributed by atoms with Crippen LogP contribution in [-0.4, -0.2) is 57.4 Å². The van der Waals surface area contributed by atoms with Gasteiger partial charge in [-0.1, -0.05) is 23.7 Å². The number of sulfonamides is 1. The van der Waals surface area contributed by atoms with E-state index in [1.165, 1.54) is 4.31 Å². The van der Waals surface area contributed by atoms with Crippen LogP contribution in [0.3, 0.4) is 0 Å². The van der Waals surface area contributed by atoms with Crippen LogP contribution in [-0.2, 0) is 30.8 Å². The Morgan fingerprint density at radius 2 is 1.61 bits per heavy atom. The number of benzene rings is 2. The van der Waals surface area contributed by atoms with Crippen LogP contribution < -0.4 is 10.6 Å². The van der Waals surface area contributed by atoms with Crippen LogP contribution in [0.15, 0.2) is 53.4 Å². The molecule has 33 heavy (non-hydrogen) atoms. The third-order valence-electron chi connectivity index (χ3n) is 5.20. The van der Waals surface area contributed by atoms with Gasteiger partial charge in [0, 0.05) is 43.2 Å². The molecular formula is C23H28ClN3O5S. The summed E-state index contributed by atoms with van der Waals surface area (Å²) in [4.78, 5) is 24.3. The van der Waals surface area contributed by atoms with Gasteiger partial charge in [0.05, 0.1) is 18.1 Å². The minimum atomic E-state index is -3.52. The first-order chi connectivity index (χ1) is 15.8. The Kier molecular flexibility index (Phi) is 9.25. The van der Waals surface area contributed by atoms with E-state index in [9.17, 15) is 18.0 Å². The highest BCUT2D eigenvalue weighted by molar-refractivity contribution is 7.89. The third-order valence-corrected chi connectivity index (χ3v) is 7.37. The largest absolute Gasteiger partial charge is 0.379 e. The van der Waals surface area contributed by atoms with Gasteiger partial charge in [0.15, 0.2) is 0 Å². The fourth-order valence-corrected chi connectivity index (χ4v) is 4.88. The average Bonchev–Trinajstić information content (AvgIpc) is 2.83. The quantitative estimate of drug-likeness (QED) is 0.495. The lowest BCUT2D eigenvalue weighted by Gasteiger charge is -2.26. The molecule has 0 radical (unpaired) electrons. The molecule has 10 heteroatoms. The molecule has 8 nitrogen and oxygen atoms in total. The second kappa shape index (κ2) is 12.1. The van der Waals surface area contributed by atoms with Gasteiger partial charge in [-0.3, -0.25) is 9.59 Å². The van der Waals surface area contributed by atoms with E-state index in [1.54, 1.807) is 48.5 Å². The first-order valence-electron chi connectivity index (χ1n) is 10.8. The van der Waals surface area contributed by atoms with Crippen LogP contribution in [0, 0.1) is 0 Å². The van der Waals surface area contributed by atoms with Crippen molar-refractivity contribution in [3.05, 3.63) is 59.1 Å². The zero-order valence-electron chi connectivity index (χ0n) is 18.3. The maximum Gasteiger partial charge on any atom is 0.243 e. The molecular weight excluding hydrogens is 466 g/mol. The molecule has 1 aliphatic heterocycles. The summed E-state index contributed by atoms with van der Waals surface area (Å²) < 4.78 is 31.9. The van der Waals surface area contributed by atoms with Crippen molar-refractivity contribution >= 4 is 39.1 Å². The Hall–Kier alpha value is -2.46. The molecule has 1 saturated heterocycles. The van der Waals surface area contributed by atoms with Crippen LogP contribution in [0.2, 0.25) is 5.02 Å².